The van der Waals surface area contributed by atoms with Gasteiger partial charge in [-0.2, -0.15) is 0 Å². The SMILES string of the molecule is Cc1ccc(CN2C(=O)C(O)=C(c3ccc(Cl)cc3)C2c2ccc(Cl)cc2)cc1. The second kappa shape index (κ2) is 7.94. The molecule has 0 fully saturated rings. The summed E-state index contributed by atoms with van der Waals surface area (Å²) in [5, 5.41) is 12.0. The maximum Gasteiger partial charge on any atom is 0.290 e. The smallest absolute Gasteiger partial charge is 0.290 e. The first-order chi connectivity index (χ1) is 13.9. The summed E-state index contributed by atoms with van der Waals surface area (Å²) in [5.41, 5.74) is 4.35. The van der Waals surface area contributed by atoms with E-state index < -0.39 is 11.9 Å². The summed E-state index contributed by atoms with van der Waals surface area (Å²) in [4.78, 5) is 14.7. The van der Waals surface area contributed by atoms with Crippen molar-refractivity contribution in [2.24, 2.45) is 0 Å². The van der Waals surface area contributed by atoms with Crippen LogP contribution in [0.15, 0.2) is 78.6 Å². The van der Waals surface area contributed by atoms with Gasteiger partial charge in [-0.15, -0.1) is 0 Å². The molecule has 3 nitrogen and oxygen atoms in total. The van der Waals surface area contributed by atoms with Gasteiger partial charge in [0.1, 0.15) is 0 Å². The van der Waals surface area contributed by atoms with Crippen molar-refractivity contribution < 1.29 is 9.90 Å². The van der Waals surface area contributed by atoms with Crippen LogP contribution in [-0.2, 0) is 11.3 Å². The van der Waals surface area contributed by atoms with Crippen LogP contribution in [0, 0.1) is 6.92 Å². The van der Waals surface area contributed by atoms with Crippen molar-refractivity contribution in [3.8, 4) is 0 Å². The van der Waals surface area contributed by atoms with Gasteiger partial charge >= 0.3 is 0 Å². The zero-order chi connectivity index (χ0) is 20.5. The van der Waals surface area contributed by atoms with Gasteiger partial charge in [-0.3, -0.25) is 4.79 Å². The summed E-state index contributed by atoms with van der Waals surface area (Å²) in [7, 11) is 0. The molecule has 29 heavy (non-hydrogen) atoms. The van der Waals surface area contributed by atoms with Crippen LogP contribution in [0.3, 0.4) is 0 Å². The minimum Gasteiger partial charge on any atom is -0.503 e. The van der Waals surface area contributed by atoms with E-state index in [-0.39, 0.29) is 5.76 Å². The standard InChI is InChI=1S/C24H19Cl2NO2/c1-15-2-4-16(5-3-15)14-27-22(18-8-12-20(26)13-9-18)21(23(28)24(27)29)17-6-10-19(25)11-7-17/h2-13,22,28H,14H2,1H3. The number of rotatable bonds is 4. The van der Waals surface area contributed by atoms with Gasteiger partial charge in [0.25, 0.3) is 5.91 Å². The highest BCUT2D eigenvalue weighted by Crippen LogP contribution is 2.44. The molecule has 0 radical (unpaired) electrons. The molecule has 0 spiro atoms. The number of aliphatic hydroxyl groups excluding tert-OH is 1. The normalized spacial score (nSPS) is 16.6. The van der Waals surface area contributed by atoms with Crippen LogP contribution in [0.1, 0.15) is 28.3 Å². The van der Waals surface area contributed by atoms with E-state index in [1.54, 1.807) is 29.2 Å². The molecular weight excluding hydrogens is 405 g/mol. The number of hydrogen-bond donors (Lipinski definition) is 1. The molecule has 0 aromatic heterocycles. The van der Waals surface area contributed by atoms with Crippen molar-refractivity contribution in [2.45, 2.75) is 19.5 Å². The van der Waals surface area contributed by atoms with E-state index in [1.165, 1.54) is 0 Å². The van der Waals surface area contributed by atoms with Crippen molar-refractivity contribution in [1.82, 2.24) is 4.90 Å². The number of carbonyl (C=O) groups excluding carboxylic acids is 1. The molecule has 1 unspecified atom stereocenters. The van der Waals surface area contributed by atoms with Crippen LogP contribution in [0.5, 0.6) is 0 Å². The van der Waals surface area contributed by atoms with E-state index in [0.717, 1.165) is 22.3 Å². The van der Waals surface area contributed by atoms with Crippen molar-refractivity contribution in [2.75, 3.05) is 0 Å². The zero-order valence-electron chi connectivity index (χ0n) is 15.8. The Balaban J connectivity index is 1.80. The Morgan fingerprint density at radius 1 is 0.862 bits per heavy atom. The maximum absolute atomic E-state index is 13.0. The van der Waals surface area contributed by atoms with Crippen molar-refractivity contribution in [1.29, 1.82) is 0 Å². The van der Waals surface area contributed by atoms with Crippen LogP contribution in [0.4, 0.5) is 0 Å². The molecule has 3 aromatic carbocycles. The zero-order valence-corrected chi connectivity index (χ0v) is 17.3. The second-order valence-electron chi connectivity index (χ2n) is 7.14. The largest absolute Gasteiger partial charge is 0.503 e. The van der Waals surface area contributed by atoms with E-state index >= 15 is 0 Å². The van der Waals surface area contributed by atoms with Gasteiger partial charge < -0.3 is 10.0 Å². The Bertz CT molecular complexity index is 1070. The van der Waals surface area contributed by atoms with Crippen molar-refractivity contribution >= 4 is 34.7 Å². The number of aryl methyl sites for hydroxylation is 1. The monoisotopic (exact) mass is 423 g/mol. The summed E-state index contributed by atoms with van der Waals surface area (Å²) in [6.07, 6.45) is 0. The van der Waals surface area contributed by atoms with Crippen molar-refractivity contribution in [3.63, 3.8) is 0 Å². The number of carbonyl (C=O) groups is 1. The fraction of sp³-hybridized carbons (Fsp3) is 0.125. The number of hydrogen-bond acceptors (Lipinski definition) is 2. The molecule has 1 aliphatic rings. The first-order valence-electron chi connectivity index (χ1n) is 9.25. The fourth-order valence-electron chi connectivity index (χ4n) is 3.62. The summed E-state index contributed by atoms with van der Waals surface area (Å²) in [6.45, 7) is 2.40. The summed E-state index contributed by atoms with van der Waals surface area (Å²) >= 11 is 12.1. The van der Waals surface area contributed by atoms with Gasteiger partial charge in [-0.1, -0.05) is 77.3 Å². The van der Waals surface area contributed by atoms with E-state index in [0.29, 0.717) is 22.2 Å². The highest BCUT2D eigenvalue weighted by atomic mass is 35.5. The first kappa shape index (κ1) is 19.6. The highest BCUT2D eigenvalue weighted by molar-refractivity contribution is 6.30. The Morgan fingerprint density at radius 2 is 1.41 bits per heavy atom. The molecule has 4 rings (SSSR count). The number of amides is 1. The van der Waals surface area contributed by atoms with Crippen LogP contribution >= 0.6 is 23.2 Å². The van der Waals surface area contributed by atoms with Gasteiger partial charge in [-0.05, 0) is 47.9 Å². The molecule has 1 aliphatic heterocycles. The van der Waals surface area contributed by atoms with E-state index in [1.807, 2.05) is 55.5 Å². The van der Waals surface area contributed by atoms with Gasteiger partial charge in [0.05, 0.1) is 6.04 Å². The molecule has 0 saturated heterocycles. The van der Waals surface area contributed by atoms with Gasteiger partial charge in [0, 0.05) is 22.2 Å². The molecule has 5 heteroatoms. The summed E-state index contributed by atoms with van der Waals surface area (Å²) in [6, 6.07) is 22.1. The third kappa shape index (κ3) is 3.89. The lowest BCUT2D eigenvalue weighted by Gasteiger charge is -2.27. The molecule has 1 amide bonds. The van der Waals surface area contributed by atoms with Crippen LogP contribution in [0.2, 0.25) is 10.0 Å². The minimum atomic E-state index is -0.428. The van der Waals surface area contributed by atoms with Gasteiger partial charge in [-0.25, -0.2) is 0 Å². The van der Waals surface area contributed by atoms with Gasteiger partial charge in [0.15, 0.2) is 5.76 Å². The first-order valence-corrected chi connectivity index (χ1v) is 10.0. The second-order valence-corrected chi connectivity index (χ2v) is 8.01. The van der Waals surface area contributed by atoms with Crippen molar-refractivity contribution in [3.05, 3.63) is 111 Å². The lowest BCUT2D eigenvalue weighted by Crippen LogP contribution is -2.29. The highest BCUT2D eigenvalue weighted by Gasteiger charge is 2.40. The molecule has 3 aromatic rings. The van der Waals surface area contributed by atoms with E-state index in [2.05, 4.69) is 0 Å². The number of halogens is 2. The summed E-state index contributed by atoms with van der Waals surface area (Å²) in [5.74, 6) is -0.630. The Kier molecular flexibility index (Phi) is 5.35. The molecule has 1 N–H and O–H groups in total. The molecule has 0 saturated carbocycles. The number of aliphatic hydroxyl groups is 1. The molecule has 1 heterocycles. The Hall–Kier alpha value is -2.75. The lowest BCUT2D eigenvalue weighted by molar-refractivity contribution is -0.130. The predicted octanol–water partition coefficient (Wildman–Crippen LogP) is 6.35. The molecule has 1 atom stereocenters. The average Bonchev–Trinajstić information content (AvgIpc) is 2.96. The van der Waals surface area contributed by atoms with E-state index in [9.17, 15) is 9.90 Å². The number of benzene rings is 3. The van der Waals surface area contributed by atoms with E-state index in [4.69, 9.17) is 23.2 Å². The third-order valence-electron chi connectivity index (χ3n) is 5.12. The topological polar surface area (TPSA) is 40.5 Å². The molecule has 0 bridgehead atoms. The molecule has 0 aliphatic carbocycles. The quantitative estimate of drug-likeness (QED) is 0.530. The Morgan fingerprint density at radius 3 is 2.00 bits per heavy atom. The molecular formula is C24H19Cl2NO2. The van der Waals surface area contributed by atoms with Crippen LogP contribution < -0.4 is 0 Å². The summed E-state index contributed by atoms with van der Waals surface area (Å²) < 4.78 is 0. The lowest BCUT2D eigenvalue weighted by atomic mass is 9.93. The average molecular weight is 424 g/mol. The number of nitrogens with zero attached hydrogens (tertiary/aromatic N) is 1. The van der Waals surface area contributed by atoms with Crippen LogP contribution in [0.25, 0.3) is 5.57 Å². The van der Waals surface area contributed by atoms with Gasteiger partial charge in [0.2, 0.25) is 0 Å². The minimum absolute atomic E-state index is 0.237. The molecule has 146 valence electrons. The third-order valence-corrected chi connectivity index (χ3v) is 5.62. The predicted molar refractivity (Wildman–Crippen MR) is 117 cm³/mol. The fourth-order valence-corrected chi connectivity index (χ4v) is 3.87. The maximum atomic E-state index is 13.0. The van der Waals surface area contributed by atoms with Crippen LogP contribution in [-0.4, -0.2) is 15.9 Å². The Labute approximate surface area is 179 Å².